The minimum absolute atomic E-state index is 0.115. The first kappa shape index (κ1) is 18.5. The minimum Gasteiger partial charge on any atom is -0.392 e. The number of nitro groups is 2. The maximum Gasteiger partial charge on any atom is 0.302 e. The highest BCUT2D eigenvalue weighted by Gasteiger charge is 2.42. The predicted molar refractivity (Wildman–Crippen MR) is 91.2 cm³/mol. The summed E-state index contributed by atoms with van der Waals surface area (Å²) in [6.45, 7) is 2.48. The zero-order chi connectivity index (χ0) is 18.9. The van der Waals surface area contributed by atoms with Crippen LogP contribution in [0.25, 0.3) is 0 Å². The van der Waals surface area contributed by atoms with E-state index >= 15 is 0 Å². The highest BCUT2D eigenvalue weighted by molar-refractivity contribution is 5.78. The Labute approximate surface area is 149 Å². The second kappa shape index (κ2) is 7.14. The molecule has 2 N–H and O–H groups in total. The van der Waals surface area contributed by atoms with Gasteiger partial charge in [0.2, 0.25) is 0 Å². The van der Waals surface area contributed by atoms with Crippen molar-refractivity contribution in [1.82, 2.24) is 0 Å². The lowest BCUT2D eigenvalue weighted by Gasteiger charge is -2.37. The van der Waals surface area contributed by atoms with Crippen LogP contribution in [0.2, 0.25) is 0 Å². The molecule has 0 amide bonds. The maximum absolute atomic E-state index is 11.6. The average Bonchev–Trinajstić information content (AvgIpc) is 3.02. The third kappa shape index (κ3) is 3.35. The van der Waals surface area contributed by atoms with Crippen molar-refractivity contribution < 1.29 is 24.4 Å². The van der Waals surface area contributed by atoms with Crippen LogP contribution in [0.1, 0.15) is 30.4 Å². The number of aliphatic hydroxyl groups is 1. The van der Waals surface area contributed by atoms with Crippen molar-refractivity contribution in [3.8, 4) is 0 Å². The van der Waals surface area contributed by atoms with Crippen LogP contribution in [0.5, 0.6) is 0 Å². The number of nitrogens with one attached hydrogen (secondary N) is 1. The maximum atomic E-state index is 11.6. The van der Waals surface area contributed by atoms with Gasteiger partial charge in [-0.2, -0.15) is 0 Å². The summed E-state index contributed by atoms with van der Waals surface area (Å²) in [6.07, 6.45) is 1.87. The van der Waals surface area contributed by atoms with Crippen molar-refractivity contribution in [2.45, 2.75) is 44.4 Å². The van der Waals surface area contributed by atoms with Crippen LogP contribution in [0.4, 0.5) is 17.1 Å². The standard InChI is InChI=1S/C16H21N3O7/c1-10-11(8-20)6-13(18(21)22)14(15(10)19(23)24)17-12-2-4-26-16(7-12)3-5-25-9-16/h6,12,17,20H,2-5,7-9H2,1H3/t12-,16+/m0/s1. The molecule has 0 bridgehead atoms. The van der Waals surface area contributed by atoms with E-state index in [-0.39, 0.29) is 28.5 Å². The molecule has 2 saturated heterocycles. The zero-order valence-electron chi connectivity index (χ0n) is 14.4. The van der Waals surface area contributed by atoms with Crippen LogP contribution in [0.15, 0.2) is 6.07 Å². The Bertz CT molecular complexity index is 731. The Morgan fingerprint density at radius 2 is 2.12 bits per heavy atom. The van der Waals surface area contributed by atoms with Gasteiger partial charge in [-0.25, -0.2) is 0 Å². The molecule has 0 aromatic heterocycles. The Morgan fingerprint density at radius 3 is 2.69 bits per heavy atom. The molecule has 2 fully saturated rings. The van der Waals surface area contributed by atoms with E-state index in [1.807, 2.05) is 0 Å². The first-order valence-electron chi connectivity index (χ1n) is 8.41. The fourth-order valence-electron chi connectivity index (χ4n) is 3.70. The summed E-state index contributed by atoms with van der Waals surface area (Å²) in [5, 5.41) is 35.5. The van der Waals surface area contributed by atoms with Gasteiger partial charge in [-0.05, 0) is 25.3 Å². The molecule has 2 aliphatic heterocycles. The average molecular weight is 367 g/mol. The van der Waals surface area contributed by atoms with E-state index in [4.69, 9.17) is 9.47 Å². The second-order valence-corrected chi connectivity index (χ2v) is 6.74. The zero-order valence-corrected chi connectivity index (χ0v) is 14.4. The second-order valence-electron chi connectivity index (χ2n) is 6.74. The largest absolute Gasteiger partial charge is 0.392 e. The van der Waals surface area contributed by atoms with Crippen molar-refractivity contribution in [3.05, 3.63) is 37.4 Å². The molecule has 1 aromatic rings. The number of rotatable bonds is 5. The van der Waals surface area contributed by atoms with Gasteiger partial charge in [-0.3, -0.25) is 20.2 Å². The molecule has 10 nitrogen and oxygen atoms in total. The van der Waals surface area contributed by atoms with E-state index in [1.165, 1.54) is 13.0 Å². The Hall–Kier alpha value is -2.30. The molecule has 2 heterocycles. The molecule has 2 atom stereocenters. The Morgan fingerprint density at radius 1 is 1.35 bits per heavy atom. The minimum atomic E-state index is -0.665. The summed E-state index contributed by atoms with van der Waals surface area (Å²) in [7, 11) is 0. The quantitative estimate of drug-likeness (QED) is 0.596. The number of anilines is 1. The van der Waals surface area contributed by atoms with E-state index in [0.29, 0.717) is 32.7 Å². The predicted octanol–water partition coefficient (Wildman–Crippen LogP) is 2.05. The fourth-order valence-corrected chi connectivity index (χ4v) is 3.70. The number of ether oxygens (including phenoxy) is 2. The van der Waals surface area contributed by atoms with E-state index in [0.717, 1.165) is 6.42 Å². The molecular weight excluding hydrogens is 346 g/mol. The topological polar surface area (TPSA) is 137 Å². The van der Waals surface area contributed by atoms with Crippen LogP contribution in [0.3, 0.4) is 0 Å². The number of nitro benzene ring substituents is 2. The molecule has 0 aliphatic carbocycles. The number of nitrogens with zero attached hydrogens (tertiary/aromatic N) is 2. The van der Waals surface area contributed by atoms with Gasteiger partial charge in [0.15, 0.2) is 5.69 Å². The first-order valence-corrected chi connectivity index (χ1v) is 8.41. The summed E-state index contributed by atoms with van der Waals surface area (Å²) in [5.41, 5.74) is -0.936. The lowest BCUT2D eigenvalue weighted by molar-refractivity contribution is -0.392. The molecule has 26 heavy (non-hydrogen) atoms. The molecular formula is C16H21N3O7. The molecule has 3 rings (SSSR count). The summed E-state index contributed by atoms with van der Waals surface area (Å²) >= 11 is 0. The molecule has 0 unspecified atom stereocenters. The number of hydrogen-bond acceptors (Lipinski definition) is 8. The Balaban J connectivity index is 1.99. The molecule has 10 heteroatoms. The molecule has 2 aliphatic rings. The highest BCUT2D eigenvalue weighted by Crippen LogP contribution is 2.42. The van der Waals surface area contributed by atoms with E-state index in [1.54, 1.807) is 0 Å². The molecule has 0 saturated carbocycles. The number of aliphatic hydroxyl groups excluding tert-OH is 1. The lowest BCUT2D eigenvalue weighted by atomic mass is 9.89. The van der Waals surface area contributed by atoms with Crippen LogP contribution in [0, 0.1) is 27.2 Å². The summed E-state index contributed by atoms with van der Waals surface area (Å²) < 4.78 is 11.3. The van der Waals surface area contributed by atoms with Gasteiger partial charge in [0.25, 0.3) is 5.69 Å². The molecule has 1 spiro atoms. The Kier molecular flexibility index (Phi) is 5.08. The monoisotopic (exact) mass is 367 g/mol. The van der Waals surface area contributed by atoms with Gasteiger partial charge in [0.05, 0.1) is 28.7 Å². The van der Waals surface area contributed by atoms with Crippen LogP contribution < -0.4 is 5.32 Å². The van der Waals surface area contributed by atoms with E-state index in [2.05, 4.69) is 5.32 Å². The van der Waals surface area contributed by atoms with Gasteiger partial charge in [0, 0.05) is 37.3 Å². The molecule has 0 radical (unpaired) electrons. The van der Waals surface area contributed by atoms with Crippen molar-refractivity contribution in [3.63, 3.8) is 0 Å². The van der Waals surface area contributed by atoms with Crippen molar-refractivity contribution in [1.29, 1.82) is 0 Å². The van der Waals surface area contributed by atoms with Gasteiger partial charge in [0.1, 0.15) is 0 Å². The third-order valence-corrected chi connectivity index (χ3v) is 5.10. The van der Waals surface area contributed by atoms with Gasteiger partial charge < -0.3 is 19.9 Å². The van der Waals surface area contributed by atoms with Crippen molar-refractivity contribution in [2.75, 3.05) is 25.1 Å². The normalized spacial score (nSPS) is 25.4. The molecule has 1 aromatic carbocycles. The van der Waals surface area contributed by atoms with Crippen LogP contribution in [-0.2, 0) is 16.1 Å². The third-order valence-electron chi connectivity index (χ3n) is 5.10. The van der Waals surface area contributed by atoms with Crippen molar-refractivity contribution >= 4 is 17.1 Å². The number of benzene rings is 1. The summed E-state index contributed by atoms with van der Waals surface area (Å²) in [6, 6.07) is 0.987. The smallest absolute Gasteiger partial charge is 0.302 e. The molecule has 142 valence electrons. The first-order chi connectivity index (χ1) is 12.4. The van der Waals surface area contributed by atoms with Crippen LogP contribution in [-0.4, -0.2) is 46.4 Å². The summed E-state index contributed by atoms with van der Waals surface area (Å²) in [4.78, 5) is 21.8. The van der Waals surface area contributed by atoms with Crippen molar-refractivity contribution in [2.24, 2.45) is 0 Å². The van der Waals surface area contributed by atoms with Gasteiger partial charge in [-0.1, -0.05) is 0 Å². The lowest BCUT2D eigenvalue weighted by Crippen LogP contribution is -2.45. The SMILES string of the molecule is Cc1c(CO)cc([N+](=O)[O-])c(N[C@H]2CCO[C@]3(CCOC3)C2)c1[N+](=O)[O-]. The van der Waals surface area contributed by atoms with E-state index < -0.39 is 27.7 Å². The van der Waals surface area contributed by atoms with Gasteiger partial charge in [-0.15, -0.1) is 0 Å². The number of hydrogen-bond donors (Lipinski definition) is 2. The summed E-state index contributed by atoms with van der Waals surface area (Å²) in [5.74, 6) is 0. The van der Waals surface area contributed by atoms with Gasteiger partial charge >= 0.3 is 5.69 Å². The fraction of sp³-hybridized carbons (Fsp3) is 0.625. The highest BCUT2D eigenvalue weighted by atomic mass is 16.6. The van der Waals surface area contributed by atoms with E-state index in [9.17, 15) is 25.3 Å². The van der Waals surface area contributed by atoms with Crippen LogP contribution >= 0.6 is 0 Å².